The molecule has 434 valence electrons. The lowest BCUT2D eigenvalue weighted by atomic mass is 9.78. The molecule has 0 aliphatic rings. The number of nitrogens with zero attached hydrogens (tertiary/aromatic N) is 6. The number of carbonyl (C=O) groups excluding carboxylic acids is 4. The van der Waals surface area contributed by atoms with E-state index < -0.39 is 94.8 Å². The molecule has 0 aliphatic carbocycles. The van der Waals surface area contributed by atoms with E-state index in [1.54, 1.807) is 24.6 Å². The summed E-state index contributed by atoms with van der Waals surface area (Å²) in [5, 5.41) is 45.0. The Bertz CT molecular complexity index is 2950. The number of hydrogen-bond donors (Lipinski definition) is 8. The number of unbranched alkanes of at least 4 members (excludes halogenated alkanes) is 2. The maximum Gasteiger partial charge on any atom is 0.416 e. The fourth-order valence-electron chi connectivity index (χ4n) is 8.67. The van der Waals surface area contributed by atoms with Crippen molar-refractivity contribution in [3.05, 3.63) is 109 Å². The van der Waals surface area contributed by atoms with Gasteiger partial charge in [0.05, 0.1) is 72.7 Å². The van der Waals surface area contributed by atoms with E-state index in [1.807, 2.05) is 34.6 Å². The lowest BCUT2D eigenvalue weighted by molar-refractivity contribution is -0.139. The zero-order valence-corrected chi connectivity index (χ0v) is 45.3. The van der Waals surface area contributed by atoms with E-state index in [9.17, 15) is 42.6 Å². The molecule has 80 heavy (non-hydrogen) atoms. The molecule has 0 spiro atoms. The van der Waals surface area contributed by atoms with Gasteiger partial charge in [0.2, 0.25) is 0 Å². The third kappa shape index (κ3) is 17.1. The molecule has 0 radical (unpaired) electrons. The van der Waals surface area contributed by atoms with Crippen LogP contribution in [0.15, 0.2) is 92.0 Å². The number of alkyl halides is 6. The molecule has 20 nitrogen and oxygen atoms in total. The summed E-state index contributed by atoms with van der Waals surface area (Å²) in [7, 11) is 0. The number of ether oxygens (including phenoxy) is 2. The van der Waals surface area contributed by atoms with Gasteiger partial charge in [-0.15, -0.1) is 0 Å². The summed E-state index contributed by atoms with van der Waals surface area (Å²) in [4.78, 5) is 62.3. The van der Waals surface area contributed by atoms with Crippen molar-refractivity contribution in [2.45, 2.75) is 155 Å². The molecule has 4 amide bonds. The Hall–Kier alpha value is -7.74. The number of anilines is 2. The number of amides is 4. The Morgan fingerprint density at radius 3 is 1.54 bits per heavy atom. The minimum absolute atomic E-state index is 0.0358. The average Bonchev–Trinajstić information content (AvgIpc) is 4.26. The van der Waals surface area contributed by atoms with Crippen LogP contribution >= 0.6 is 0 Å². The van der Waals surface area contributed by atoms with Crippen molar-refractivity contribution < 1.29 is 65.2 Å². The molecule has 2 aromatic carbocycles. The van der Waals surface area contributed by atoms with Crippen molar-refractivity contribution in [3.8, 4) is 22.5 Å². The van der Waals surface area contributed by atoms with Crippen LogP contribution in [0.5, 0.6) is 0 Å². The first-order valence-corrected chi connectivity index (χ1v) is 26.0. The highest BCUT2D eigenvalue weighted by Crippen LogP contribution is 2.40. The normalized spacial score (nSPS) is 14.5. The molecule has 4 heterocycles. The van der Waals surface area contributed by atoms with Gasteiger partial charge in [0.1, 0.15) is 23.8 Å². The van der Waals surface area contributed by atoms with E-state index >= 15 is 13.2 Å². The molecule has 6 atom stereocenters. The number of imidazole rings is 2. The largest absolute Gasteiger partial charge is 0.444 e. The number of benzene rings is 2. The first kappa shape index (κ1) is 61.5. The number of aliphatic hydroxyl groups excluding tert-OH is 2. The Balaban J connectivity index is 1.25. The number of aromatic amines is 2. The van der Waals surface area contributed by atoms with Crippen LogP contribution in [-0.2, 0) is 50.9 Å². The minimum Gasteiger partial charge on any atom is -0.444 e. The molecule has 0 bridgehead atoms. The Kier molecular flexibility index (Phi) is 20.3. The van der Waals surface area contributed by atoms with Crippen LogP contribution in [0.2, 0.25) is 0 Å². The highest BCUT2D eigenvalue weighted by Gasteiger charge is 2.40. The van der Waals surface area contributed by atoms with Gasteiger partial charge in [-0.3, -0.25) is 19.8 Å². The number of aliphatic hydroxyl groups is 2. The first-order valence-electron chi connectivity index (χ1n) is 26.0. The zero-order chi connectivity index (χ0) is 58.6. The van der Waals surface area contributed by atoms with Gasteiger partial charge < -0.3 is 50.1 Å². The summed E-state index contributed by atoms with van der Waals surface area (Å²) >= 11 is 0. The molecule has 0 fully saturated rings. The predicted octanol–water partition coefficient (Wildman–Crippen LogP) is 9.52. The van der Waals surface area contributed by atoms with Crippen LogP contribution in [0.4, 0.5) is 47.6 Å². The molecular formula is C54H68F6N12O8. The van der Waals surface area contributed by atoms with Crippen molar-refractivity contribution in [3.63, 3.8) is 0 Å². The van der Waals surface area contributed by atoms with Crippen LogP contribution in [0.3, 0.4) is 0 Å². The maximum absolute atomic E-state index is 15.0. The number of carbonyl (C=O) groups is 4. The highest BCUT2D eigenvalue weighted by atomic mass is 19.4. The quantitative estimate of drug-likeness (QED) is 0.0249. The number of nitrogens with one attached hydrogen (secondary N) is 6. The third-order valence-corrected chi connectivity index (χ3v) is 13.4. The van der Waals surface area contributed by atoms with Crippen LogP contribution in [0.25, 0.3) is 22.5 Å². The molecule has 0 unspecified atom stereocenters. The number of rotatable bonds is 25. The minimum atomic E-state index is -4.86. The number of H-pyrrole nitrogens is 2. The fourth-order valence-corrected chi connectivity index (χ4v) is 8.67. The Labute approximate surface area is 457 Å². The molecular weight excluding hydrogens is 1060 g/mol. The van der Waals surface area contributed by atoms with Crippen molar-refractivity contribution in [2.75, 3.05) is 10.6 Å². The number of aromatic nitrogens is 8. The van der Waals surface area contributed by atoms with Gasteiger partial charge in [-0.1, -0.05) is 92.3 Å². The van der Waals surface area contributed by atoms with Crippen molar-refractivity contribution >= 4 is 35.6 Å². The van der Waals surface area contributed by atoms with Crippen LogP contribution < -0.4 is 21.3 Å². The summed E-state index contributed by atoms with van der Waals surface area (Å²) in [6.07, 6.45) is -5.96. The standard InChI is InChI=1S/C54H68F6N12O8/c1-8-10-12-37(45(73)47(75)67-43-20-22-63-69-43)65-49(77)79-41(51(3,4)5)28-71-27-40(62-31-71)33-16-19-36(54(58,59)60)34(24-33)25-52(6,7)42(29-72-26-39(61-30-72)32-14-17-35(18-15-32)53(55,56)57)80-50(78)66-38(13-11-9-2)46(74)48(76)68-44-21-23-64-70-44/h14-24,26-27,30-31,37-38,41-42,45-46,73-74H,8-13,25,28-29H2,1-7H3,(H,65,77)(H,66,78)(H2,63,67,69,75)(H2,64,68,70,76)/t37-,38-,41+,42+,45-,46+/m0/s1. The second-order valence-corrected chi connectivity index (χ2v) is 21.3. The van der Waals surface area contributed by atoms with E-state index in [1.165, 1.54) is 72.2 Å². The third-order valence-electron chi connectivity index (χ3n) is 13.4. The monoisotopic (exact) mass is 1130 g/mol. The predicted molar refractivity (Wildman–Crippen MR) is 282 cm³/mol. The van der Waals surface area contributed by atoms with Crippen molar-refractivity contribution in [1.29, 1.82) is 0 Å². The second kappa shape index (κ2) is 26.5. The number of alkyl carbamates (subject to hydrolysis) is 2. The molecule has 26 heteroatoms. The van der Waals surface area contributed by atoms with Crippen LogP contribution in [0, 0.1) is 10.8 Å². The van der Waals surface area contributed by atoms with Crippen molar-refractivity contribution in [2.24, 2.45) is 10.8 Å². The fraction of sp³-hybridized carbons (Fsp3) is 0.481. The molecule has 0 saturated carbocycles. The summed E-state index contributed by atoms with van der Waals surface area (Å²) in [6, 6.07) is 8.54. The van der Waals surface area contributed by atoms with Gasteiger partial charge in [-0.2, -0.15) is 36.5 Å². The van der Waals surface area contributed by atoms with Gasteiger partial charge in [-0.05, 0) is 49.1 Å². The number of hydrogen-bond acceptors (Lipinski definition) is 12. The Morgan fingerprint density at radius 2 is 1.10 bits per heavy atom. The Morgan fingerprint density at radius 1 is 0.637 bits per heavy atom. The maximum atomic E-state index is 15.0. The SMILES string of the molecule is CCCC[C@H](NC(=O)O[C@H](Cn1cnc(-c2ccc(C(F)(F)F)c(CC(C)(C)[C@@H](Cn3cnc(-c4ccc(C(F)(F)F)cc4)c3)OC(=O)N[C@@H](CCCC)[C@@H](O)C(=O)Nc3ccn[nH]3)c2)c1)C(C)(C)C)[C@H](O)C(=O)Nc1ccn[nH]1. The van der Waals surface area contributed by atoms with E-state index in [-0.39, 0.29) is 66.5 Å². The number of halogens is 6. The topological polar surface area (TPSA) is 268 Å². The van der Waals surface area contributed by atoms with Crippen LogP contribution in [-0.4, -0.2) is 110 Å². The summed E-state index contributed by atoms with van der Waals surface area (Å²) in [5.74, 6) is -1.21. The van der Waals surface area contributed by atoms with E-state index in [0.717, 1.165) is 18.2 Å². The van der Waals surface area contributed by atoms with E-state index in [2.05, 4.69) is 51.6 Å². The molecule has 8 N–H and O–H groups in total. The van der Waals surface area contributed by atoms with Crippen molar-refractivity contribution in [1.82, 2.24) is 50.1 Å². The van der Waals surface area contributed by atoms with Gasteiger partial charge in [0, 0.05) is 46.5 Å². The zero-order valence-electron chi connectivity index (χ0n) is 45.3. The molecule has 4 aromatic heterocycles. The second-order valence-electron chi connectivity index (χ2n) is 21.3. The smallest absolute Gasteiger partial charge is 0.416 e. The van der Waals surface area contributed by atoms with Gasteiger partial charge >= 0.3 is 24.5 Å². The highest BCUT2D eigenvalue weighted by molar-refractivity contribution is 5.94. The molecule has 6 aromatic rings. The van der Waals surface area contributed by atoms with E-state index in [4.69, 9.17) is 9.47 Å². The summed E-state index contributed by atoms with van der Waals surface area (Å²) in [6.45, 7) is 12.3. The van der Waals surface area contributed by atoms with Gasteiger partial charge in [0.25, 0.3) is 11.8 Å². The summed E-state index contributed by atoms with van der Waals surface area (Å²) < 4.78 is 100. The molecule has 0 aliphatic heterocycles. The average molecular weight is 1130 g/mol. The van der Waals surface area contributed by atoms with Gasteiger partial charge in [-0.25, -0.2) is 19.6 Å². The molecule has 0 saturated heterocycles. The first-order chi connectivity index (χ1) is 37.6. The summed E-state index contributed by atoms with van der Waals surface area (Å²) in [5.41, 5.74) is -2.99. The van der Waals surface area contributed by atoms with E-state index in [0.29, 0.717) is 31.2 Å². The van der Waals surface area contributed by atoms with Crippen LogP contribution in [0.1, 0.15) is 104 Å². The lowest BCUT2D eigenvalue weighted by Crippen LogP contribution is -2.50. The molecule has 6 rings (SSSR count). The van der Waals surface area contributed by atoms with Gasteiger partial charge in [0.15, 0.2) is 12.2 Å². The lowest BCUT2D eigenvalue weighted by Gasteiger charge is -2.35.